The summed E-state index contributed by atoms with van der Waals surface area (Å²) in [5.74, 6) is 4.02. The molecule has 7 rings (SSSR count). The quantitative estimate of drug-likeness (QED) is 0.0605. The van der Waals surface area contributed by atoms with Crippen LogP contribution < -0.4 is 33.2 Å². The van der Waals surface area contributed by atoms with Gasteiger partial charge in [-0.2, -0.15) is 9.78 Å². The first-order valence-corrected chi connectivity index (χ1v) is 22.5. The van der Waals surface area contributed by atoms with Crippen LogP contribution in [0.3, 0.4) is 0 Å². The van der Waals surface area contributed by atoms with E-state index < -0.39 is 0 Å². The molecule has 1 aliphatic rings. The van der Waals surface area contributed by atoms with Gasteiger partial charge in [0.25, 0.3) is 0 Å². The van der Waals surface area contributed by atoms with Crippen LogP contribution in [-0.2, 0) is 0 Å². The zero-order valence-electron chi connectivity index (χ0n) is 37.3. The highest BCUT2D eigenvalue weighted by atomic mass is 32.1. The minimum atomic E-state index is -0.220. The molecular formula is C49H59N5O8S. The minimum absolute atomic E-state index is 0.220. The first kappa shape index (κ1) is 45.2. The second-order valence-electron chi connectivity index (χ2n) is 15.5. The molecule has 0 bridgehead atoms. The molecule has 0 amide bonds. The van der Waals surface area contributed by atoms with Gasteiger partial charge in [-0.1, -0.05) is 12.1 Å². The lowest BCUT2D eigenvalue weighted by molar-refractivity contribution is 0.0923. The number of benzene rings is 4. The van der Waals surface area contributed by atoms with Gasteiger partial charge in [-0.3, -0.25) is 4.79 Å². The molecule has 1 aliphatic heterocycles. The molecule has 3 heterocycles. The number of methoxy groups -OCH3 is 5. The Morgan fingerprint density at radius 2 is 1.16 bits per heavy atom. The molecule has 63 heavy (non-hydrogen) atoms. The Bertz CT molecular complexity index is 2380. The number of fused-ring (bicyclic) bond motifs is 1. The van der Waals surface area contributed by atoms with Crippen LogP contribution in [0.1, 0.15) is 50.2 Å². The molecule has 0 saturated carbocycles. The predicted molar refractivity (Wildman–Crippen MR) is 249 cm³/mol. The molecule has 0 unspecified atom stereocenters. The number of rotatable bonds is 22. The Kier molecular flexibility index (Phi) is 15.8. The number of nitrogens with zero attached hydrogens (tertiary/aromatic N) is 5. The predicted octanol–water partition coefficient (Wildman–Crippen LogP) is 9.61. The van der Waals surface area contributed by atoms with E-state index in [-0.39, 0.29) is 5.91 Å². The van der Waals surface area contributed by atoms with Crippen molar-refractivity contribution in [3.63, 3.8) is 0 Å². The molecule has 0 atom stereocenters. The highest BCUT2D eigenvalue weighted by molar-refractivity contribution is 7.21. The number of carbonyl (C=O) groups is 1. The van der Waals surface area contributed by atoms with Crippen molar-refractivity contribution >= 4 is 27.5 Å². The molecule has 14 heteroatoms. The van der Waals surface area contributed by atoms with Gasteiger partial charge in [-0.05, 0) is 118 Å². The van der Waals surface area contributed by atoms with Crippen molar-refractivity contribution in [2.45, 2.75) is 45.4 Å². The smallest absolute Gasteiger partial charge is 0.244 e. The average molecular weight is 878 g/mol. The summed E-state index contributed by atoms with van der Waals surface area (Å²) in [7, 11) is 8.01. The molecule has 13 nitrogen and oxygen atoms in total. The van der Waals surface area contributed by atoms with Crippen molar-refractivity contribution in [1.29, 1.82) is 0 Å². The van der Waals surface area contributed by atoms with Gasteiger partial charge in [-0.25, -0.2) is 4.98 Å². The molecule has 334 valence electrons. The Morgan fingerprint density at radius 3 is 1.76 bits per heavy atom. The summed E-state index contributed by atoms with van der Waals surface area (Å²) in [5.41, 5.74) is 4.76. The van der Waals surface area contributed by atoms with Crippen molar-refractivity contribution in [1.82, 2.24) is 24.6 Å². The molecule has 4 aromatic carbocycles. The largest absolute Gasteiger partial charge is 0.493 e. The fraction of sp³-hybridized carbons (Fsp3) is 0.408. The van der Waals surface area contributed by atoms with Crippen LogP contribution >= 0.6 is 11.3 Å². The fourth-order valence-electron chi connectivity index (χ4n) is 7.89. The average Bonchev–Trinajstić information content (AvgIpc) is 3.97. The Morgan fingerprint density at radius 1 is 0.587 bits per heavy atom. The van der Waals surface area contributed by atoms with E-state index in [0.717, 1.165) is 105 Å². The summed E-state index contributed by atoms with van der Waals surface area (Å²) >= 11 is 1.69. The second kappa shape index (κ2) is 22.0. The van der Waals surface area contributed by atoms with E-state index in [2.05, 4.69) is 27.0 Å². The number of ether oxygens (including phenoxy) is 7. The SMILES string of the molecule is COc1cc(-c2nc3ccccc3s2)ccc1OCCCCCN1CCN(CCCCCOc2cc(-c3cc(-c4cc(OC)c(OC)c(OC)c4)nn3C(C)=O)ccc2OC)CC1. The van der Waals surface area contributed by atoms with Crippen LogP contribution in [0.2, 0.25) is 0 Å². The number of carbonyl (C=O) groups excluding carboxylic acids is 1. The third-order valence-electron chi connectivity index (χ3n) is 11.3. The van der Waals surface area contributed by atoms with Crippen molar-refractivity contribution in [3.8, 4) is 73.3 Å². The van der Waals surface area contributed by atoms with Crippen molar-refractivity contribution in [2.24, 2.45) is 0 Å². The Labute approximate surface area is 374 Å². The standard InChI is InChI=1S/C49H59N5O8S/c1-34(55)54-40(33-39(51-54)37-31-45(58-4)48(60-6)46(32-37)59-5)35-17-19-41(56-2)44(29-35)62-28-14-8-12-22-53-25-23-52(24-26-53)21-11-7-13-27-61-42-20-18-36(30-43(42)57-3)49-50-38-15-9-10-16-47(38)63-49/h9-10,15-20,29-33H,7-8,11-14,21-28H2,1-6H3. The van der Waals surface area contributed by atoms with Gasteiger partial charge in [0.15, 0.2) is 34.5 Å². The van der Waals surface area contributed by atoms with E-state index in [9.17, 15) is 4.79 Å². The van der Waals surface area contributed by atoms with Crippen LogP contribution in [0, 0.1) is 0 Å². The Hall–Kier alpha value is -5.83. The third-order valence-corrected chi connectivity index (χ3v) is 12.4. The maximum Gasteiger partial charge on any atom is 0.244 e. The summed E-state index contributed by atoms with van der Waals surface area (Å²) in [4.78, 5) is 22.7. The normalized spacial score (nSPS) is 13.2. The van der Waals surface area contributed by atoms with E-state index >= 15 is 0 Å². The van der Waals surface area contributed by atoms with E-state index in [1.54, 1.807) is 46.9 Å². The summed E-state index contributed by atoms with van der Waals surface area (Å²) in [5, 5.41) is 5.63. The van der Waals surface area contributed by atoms with Gasteiger partial charge < -0.3 is 43.0 Å². The van der Waals surface area contributed by atoms with Gasteiger partial charge in [0.05, 0.1) is 70.4 Å². The number of thiazole rings is 1. The number of hydrogen-bond donors (Lipinski definition) is 0. The van der Waals surface area contributed by atoms with Crippen LogP contribution in [-0.4, -0.2) is 119 Å². The summed E-state index contributed by atoms with van der Waals surface area (Å²) < 4.78 is 42.9. The first-order valence-electron chi connectivity index (χ1n) is 21.7. The van der Waals surface area contributed by atoms with Crippen molar-refractivity contribution in [3.05, 3.63) is 78.9 Å². The van der Waals surface area contributed by atoms with Crippen LogP contribution in [0.4, 0.5) is 0 Å². The van der Waals surface area contributed by atoms with Gasteiger partial charge >= 0.3 is 0 Å². The molecular weight excluding hydrogens is 819 g/mol. The van der Waals surface area contributed by atoms with Crippen LogP contribution in [0.15, 0.2) is 78.9 Å². The van der Waals surface area contributed by atoms with Crippen molar-refractivity contribution in [2.75, 3.05) is 88.0 Å². The summed E-state index contributed by atoms with van der Waals surface area (Å²) in [6, 6.07) is 25.5. The first-order chi connectivity index (χ1) is 30.8. The molecule has 1 saturated heterocycles. The van der Waals surface area contributed by atoms with Crippen LogP contribution in [0.5, 0.6) is 40.2 Å². The summed E-state index contributed by atoms with van der Waals surface area (Å²) in [6.07, 6.45) is 6.42. The molecule has 0 spiro atoms. The zero-order chi connectivity index (χ0) is 44.1. The molecule has 1 fully saturated rings. The second-order valence-corrected chi connectivity index (χ2v) is 16.5. The monoisotopic (exact) mass is 877 g/mol. The fourth-order valence-corrected chi connectivity index (χ4v) is 8.85. The lowest BCUT2D eigenvalue weighted by atomic mass is 10.1. The van der Waals surface area contributed by atoms with E-state index in [1.165, 1.54) is 22.7 Å². The summed E-state index contributed by atoms with van der Waals surface area (Å²) in [6.45, 7) is 9.38. The molecule has 6 aromatic rings. The van der Waals surface area contributed by atoms with E-state index in [0.29, 0.717) is 58.9 Å². The number of piperazine rings is 1. The maximum absolute atomic E-state index is 12.8. The number of para-hydroxylation sites is 1. The van der Waals surface area contributed by atoms with Gasteiger partial charge in [0, 0.05) is 49.8 Å². The maximum atomic E-state index is 12.8. The highest BCUT2D eigenvalue weighted by Crippen LogP contribution is 2.42. The van der Waals surface area contributed by atoms with Gasteiger partial charge in [0.2, 0.25) is 11.7 Å². The Balaban J connectivity index is 0.800. The molecule has 0 N–H and O–H groups in total. The highest BCUT2D eigenvalue weighted by Gasteiger charge is 2.21. The topological polar surface area (TPSA) is 119 Å². The van der Waals surface area contributed by atoms with E-state index in [4.69, 9.17) is 38.1 Å². The van der Waals surface area contributed by atoms with E-state index in [1.807, 2.05) is 66.7 Å². The third kappa shape index (κ3) is 11.2. The molecule has 0 radical (unpaired) electrons. The van der Waals surface area contributed by atoms with Crippen molar-refractivity contribution < 1.29 is 38.0 Å². The lowest BCUT2D eigenvalue weighted by Gasteiger charge is -2.34. The van der Waals surface area contributed by atoms with Gasteiger partial charge in [-0.15, -0.1) is 11.3 Å². The lowest BCUT2D eigenvalue weighted by Crippen LogP contribution is -2.46. The number of unbranched alkanes of at least 4 members (excludes halogenated alkanes) is 4. The minimum Gasteiger partial charge on any atom is -0.493 e. The molecule has 2 aromatic heterocycles. The number of hydrogen-bond acceptors (Lipinski definition) is 13. The van der Waals surface area contributed by atoms with Crippen LogP contribution in [0.25, 0.3) is 43.3 Å². The zero-order valence-corrected chi connectivity index (χ0v) is 38.1. The number of aromatic nitrogens is 3. The molecule has 0 aliphatic carbocycles. The van der Waals surface area contributed by atoms with Gasteiger partial charge in [0.1, 0.15) is 5.01 Å².